The van der Waals surface area contributed by atoms with Crippen molar-refractivity contribution in [3.8, 4) is 0 Å². The number of halogens is 2. The Balaban J connectivity index is 2.12. The second-order valence-corrected chi connectivity index (χ2v) is 9.56. The van der Waals surface area contributed by atoms with E-state index in [1.807, 2.05) is 19.9 Å². The van der Waals surface area contributed by atoms with Crippen LogP contribution in [0.5, 0.6) is 0 Å². The number of aryl methyl sites for hydroxylation is 1. The summed E-state index contributed by atoms with van der Waals surface area (Å²) in [4.78, 5) is 27.5. The van der Waals surface area contributed by atoms with Crippen molar-refractivity contribution in [3.05, 3.63) is 69.2 Å². The van der Waals surface area contributed by atoms with Crippen molar-refractivity contribution in [2.24, 2.45) is 0 Å². The van der Waals surface area contributed by atoms with Gasteiger partial charge in [-0.2, -0.15) is 0 Å². The van der Waals surface area contributed by atoms with Gasteiger partial charge in [0.1, 0.15) is 6.04 Å². The Kier molecular flexibility index (Phi) is 10.2. The van der Waals surface area contributed by atoms with Crippen LogP contribution in [0.1, 0.15) is 43.9 Å². The van der Waals surface area contributed by atoms with Gasteiger partial charge in [0.2, 0.25) is 11.8 Å². The minimum atomic E-state index is -0.618. The number of rotatable bonds is 10. The highest BCUT2D eigenvalue weighted by Gasteiger charge is 2.27. The van der Waals surface area contributed by atoms with Crippen molar-refractivity contribution in [2.75, 3.05) is 5.75 Å². The molecule has 2 atom stereocenters. The van der Waals surface area contributed by atoms with Gasteiger partial charge in [0.05, 0.1) is 5.75 Å². The van der Waals surface area contributed by atoms with Crippen LogP contribution in [-0.4, -0.2) is 34.6 Å². The summed E-state index contributed by atoms with van der Waals surface area (Å²) in [6, 6.07) is 12.8. The van der Waals surface area contributed by atoms with Gasteiger partial charge in [0, 0.05) is 28.4 Å². The molecule has 2 rings (SSSR count). The van der Waals surface area contributed by atoms with Crippen LogP contribution in [0.3, 0.4) is 0 Å². The first-order valence-corrected chi connectivity index (χ1v) is 12.3. The van der Waals surface area contributed by atoms with Crippen molar-refractivity contribution in [2.45, 2.75) is 58.5 Å². The molecule has 2 aromatic carbocycles. The predicted octanol–water partition coefficient (Wildman–Crippen LogP) is 5.87. The molecule has 0 aliphatic carbocycles. The largest absolute Gasteiger partial charge is 0.352 e. The van der Waals surface area contributed by atoms with Gasteiger partial charge >= 0.3 is 0 Å². The topological polar surface area (TPSA) is 49.4 Å². The first-order valence-electron chi connectivity index (χ1n) is 10.4. The minimum Gasteiger partial charge on any atom is -0.352 e. The van der Waals surface area contributed by atoms with E-state index >= 15 is 0 Å². The lowest BCUT2D eigenvalue weighted by molar-refractivity contribution is -0.138. The molecule has 0 radical (unpaired) electrons. The molecule has 1 N–H and O–H groups in total. The van der Waals surface area contributed by atoms with Gasteiger partial charge in [-0.3, -0.25) is 9.59 Å². The van der Waals surface area contributed by atoms with Crippen LogP contribution in [0.2, 0.25) is 10.0 Å². The summed E-state index contributed by atoms with van der Waals surface area (Å²) in [7, 11) is 0. The number of nitrogens with zero attached hydrogens (tertiary/aromatic N) is 1. The number of amides is 2. The van der Waals surface area contributed by atoms with Crippen molar-refractivity contribution >= 4 is 46.8 Å². The molecule has 0 saturated heterocycles. The van der Waals surface area contributed by atoms with E-state index in [0.29, 0.717) is 10.0 Å². The number of hydrogen-bond donors (Lipinski definition) is 1. The number of hydrogen-bond acceptors (Lipinski definition) is 3. The quantitative estimate of drug-likeness (QED) is 0.462. The van der Waals surface area contributed by atoms with E-state index in [-0.39, 0.29) is 30.2 Å². The van der Waals surface area contributed by atoms with Gasteiger partial charge in [-0.05, 0) is 50.5 Å². The fraction of sp³-hybridized carbons (Fsp3) is 0.417. The van der Waals surface area contributed by atoms with Gasteiger partial charge in [-0.1, -0.05) is 66.0 Å². The van der Waals surface area contributed by atoms with Crippen LogP contribution in [-0.2, 0) is 21.9 Å². The molecule has 0 aliphatic heterocycles. The number of thioether (sulfide) groups is 1. The van der Waals surface area contributed by atoms with E-state index in [0.717, 1.165) is 17.7 Å². The molecule has 0 bridgehead atoms. The normalized spacial score (nSPS) is 12.8. The summed E-state index contributed by atoms with van der Waals surface area (Å²) in [5.41, 5.74) is 3.12. The SMILES string of the molecule is CCC(C)NC(=O)C(C)N(Cc1ccc(Cl)cc1Cl)C(=O)CSCc1cccc(C)c1. The molecule has 0 aliphatic rings. The molecule has 168 valence electrons. The third kappa shape index (κ3) is 8.06. The molecule has 0 heterocycles. The third-order valence-corrected chi connectivity index (χ3v) is 6.68. The van der Waals surface area contributed by atoms with Crippen molar-refractivity contribution in [1.29, 1.82) is 0 Å². The average Bonchev–Trinajstić information content (AvgIpc) is 2.72. The van der Waals surface area contributed by atoms with Gasteiger partial charge in [-0.15, -0.1) is 11.8 Å². The van der Waals surface area contributed by atoms with E-state index in [9.17, 15) is 9.59 Å². The van der Waals surface area contributed by atoms with Crippen molar-refractivity contribution in [3.63, 3.8) is 0 Å². The van der Waals surface area contributed by atoms with Crippen LogP contribution in [0, 0.1) is 6.92 Å². The first kappa shape index (κ1) is 25.6. The standard InChI is InChI=1S/C24H30Cl2N2O2S/c1-5-17(3)27-24(30)18(4)28(13-20-9-10-21(25)12-22(20)26)23(29)15-31-14-19-8-6-7-16(2)11-19/h6-12,17-18H,5,13-15H2,1-4H3,(H,27,30). The lowest BCUT2D eigenvalue weighted by atomic mass is 10.1. The zero-order valence-electron chi connectivity index (χ0n) is 18.5. The molecule has 0 spiro atoms. The number of carbonyl (C=O) groups excluding carboxylic acids is 2. The van der Waals surface area contributed by atoms with Crippen LogP contribution >= 0.6 is 35.0 Å². The fourth-order valence-corrected chi connectivity index (χ4v) is 4.35. The van der Waals surface area contributed by atoms with Gasteiger partial charge < -0.3 is 10.2 Å². The van der Waals surface area contributed by atoms with Crippen LogP contribution in [0.25, 0.3) is 0 Å². The molecular weight excluding hydrogens is 451 g/mol. The molecule has 0 saturated carbocycles. The van der Waals surface area contributed by atoms with E-state index in [1.165, 1.54) is 22.9 Å². The summed E-state index contributed by atoms with van der Waals surface area (Å²) in [6.45, 7) is 8.01. The van der Waals surface area contributed by atoms with Crippen LogP contribution < -0.4 is 5.32 Å². The highest BCUT2D eigenvalue weighted by molar-refractivity contribution is 7.99. The number of benzene rings is 2. The monoisotopic (exact) mass is 480 g/mol. The smallest absolute Gasteiger partial charge is 0.242 e. The van der Waals surface area contributed by atoms with E-state index in [2.05, 4.69) is 30.4 Å². The highest BCUT2D eigenvalue weighted by Crippen LogP contribution is 2.24. The fourth-order valence-electron chi connectivity index (χ4n) is 3.02. The molecule has 0 aromatic heterocycles. The van der Waals surface area contributed by atoms with E-state index in [4.69, 9.17) is 23.2 Å². The summed E-state index contributed by atoms with van der Waals surface area (Å²) < 4.78 is 0. The summed E-state index contributed by atoms with van der Waals surface area (Å²) in [6.07, 6.45) is 0.821. The second kappa shape index (κ2) is 12.4. The Bertz CT molecular complexity index is 907. The predicted molar refractivity (Wildman–Crippen MR) is 132 cm³/mol. The Morgan fingerprint density at radius 1 is 1.13 bits per heavy atom. The maximum atomic E-state index is 13.1. The average molecular weight is 481 g/mol. The van der Waals surface area contributed by atoms with Crippen LogP contribution in [0.15, 0.2) is 42.5 Å². The summed E-state index contributed by atoms with van der Waals surface area (Å²) in [5.74, 6) is 0.739. The Morgan fingerprint density at radius 3 is 2.52 bits per heavy atom. The number of nitrogens with one attached hydrogen (secondary N) is 1. The Morgan fingerprint density at radius 2 is 1.87 bits per heavy atom. The van der Waals surface area contributed by atoms with Crippen molar-refractivity contribution < 1.29 is 9.59 Å². The zero-order chi connectivity index (χ0) is 23.0. The van der Waals surface area contributed by atoms with Crippen LogP contribution in [0.4, 0.5) is 0 Å². The summed E-state index contributed by atoms with van der Waals surface area (Å²) >= 11 is 13.9. The molecule has 0 fully saturated rings. The zero-order valence-corrected chi connectivity index (χ0v) is 20.8. The molecule has 2 aromatic rings. The molecule has 2 amide bonds. The van der Waals surface area contributed by atoms with Gasteiger partial charge in [0.25, 0.3) is 0 Å². The second-order valence-electron chi connectivity index (χ2n) is 7.73. The Hall–Kier alpha value is -1.69. The highest BCUT2D eigenvalue weighted by atomic mass is 35.5. The first-order chi connectivity index (χ1) is 14.7. The van der Waals surface area contributed by atoms with Gasteiger partial charge in [-0.25, -0.2) is 0 Å². The van der Waals surface area contributed by atoms with Crippen molar-refractivity contribution in [1.82, 2.24) is 10.2 Å². The molecular formula is C24H30Cl2N2O2S. The lowest BCUT2D eigenvalue weighted by Gasteiger charge is -2.30. The van der Waals surface area contributed by atoms with E-state index < -0.39 is 6.04 Å². The maximum absolute atomic E-state index is 13.1. The molecule has 31 heavy (non-hydrogen) atoms. The molecule has 7 heteroatoms. The number of carbonyl (C=O) groups is 2. The Labute approximate surface area is 199 Å². The summed E-state index contributed by atoms with van der Waals surface area (Å²) in [5, 5.41) is 3.98. The molecule has 4 nitrogen and oxygen atoms in total. The van der Waals surface area contributed by atoms with E-state index in [1.54, 1.807) is 30.0 Å². The lowest BCUT2D eigenvalue weighted by Crippen LogP contribution is -2.50. The van der Waals surface area contributed by atoms with Gasteiger partial charge in [0.15, 0.2) is 0 Å². The third-order valence-electron chi connectivity index (χ3n) is 5.10. The maximum Gasteiger partial charge on any atom is 0.242 e. The molecule has 2 unspecified atom stereocenters. The minimum absolute atomic E-state index is 0.0433.